The van der Waals surface area contributed by atoms with Crippen molar-refractivity contribution >= 4 is 23.2 Å². The SMILES string of the molecule is Cc1cc(C(=O)Nc2ccccc2N2CCOCC2)nc(NC2CCCC2)n1. The van der Waals surface area contributed by atoms with Gasteiger partial charge in [-0.05, 0) is 38.0 Å². The molecule has 2 heterocycles. The Labute approximate surface area is 165 Å². The summed E-state index contributed by atoms with van der Waals surface area (Å²) in [6.07, 6.45) is 4.72. The smallest absolute Gasteiger partial charge is 0.274 e. The highest BCUT2D eigenvalue weighted by molar-refractivity contribution is 6.04. The highest BCUT2D eigenvalue weighted by Crippen LogP contribution is 2.27. The number of ether oxygens (including phenoxy) is 1. The predicted octanol–water partition coefficient (Wildman–Crippen LogP) is 3.23. The molecule has 1 saturated carbocycles. The molecule has 0 spiro atoms. The third kappa shape index (κ3) is 4.42. The number of morpholine rings is 1. The molecule has 7 heteroatoms. The molecule has 0 unspecified atom stereocenters. The first kappa shape index (κ1) is 18.7. The van der Waals surface area contributed by atoms with Crippen molar-refractivity contribution in [2.75, 3.05) is 41.8 Å². The molecule has 0 atom stereocenters. The Kier molecular flexibility index (Phi) is 5.71. The normalized spacial score (nSPS) is 17.5. The molecule has 4 rings (SSSR count). The summed E-state index contributed by atoms with van der Waals surface area (Å²) in [7, 11) is 0. The van der Waals surface area contributed by atoms with Crippen LogP contribution in [0.25, 0.3) is 0 Å². The summed E-state index contributed by atoms with van der Waals surface area (Å²) < 4.78 is 5.44. The number of nitrogens with zero attached hydrogens (tertiary/aromatic N) is 3. The third-order valence-electron chi connectivity index (χ3n) is 5.28. The van der Waals surface area contributed by atoms with Crippen LogP contribution in [-0.4, -0.2) is 48.2 Å². The molecule has 2 aromatic rings. The fourth-order valence-electron chi connectivity index (χ4n) is 3.85. The van der Waals surface area contributed by atoms with E-state index < -0.39 is 0 Å². The maximum absolute atomic E-state index is 12.9. The van der Waals surface area contributed by atoms with Gasteiger partial charge in [-0.25, -0.2) is 9.97 Å². The molecule has 2 N–H and O–H groups in total. The molecule has 1 aromatic carbocycles. The van der Waals surface area contributed by atoms with E-state index in [9.17, 15) is 4.79 Å². The third-order valence-corrected chi connectivity index (χ3v) is 5.28. The Hall–Kier alpha value is -2.67. The second-order valence-corrected chi connectivity index (χ2v) is 7.41. The minimum absolute atomic E-state index is 0.222. The number of nitrogens with one attached hydrogen (secondary N) is 2. The minimum Gasteiger partial charge on any atom is -0.378 e. The van der Waals surface area contributed by atoms with E-state index in [0.717, 1.165) is 43.0 Å². The summed E-state index contributed by atoms with van der Waals surface area (Å²) in [5, 5.41) is 6.41. The van der Waals surface area contributed by atoms with Crippen LogP contribution in [-0.2, 0) is 4.74 Å². The monoisotopic (exact) mass is 381 g/mol. The van der Waals surface area contributed by atoms with Crippen LogP contribution in [0.2, 0.25) is 0 Å². The van der Waals surface area contributed by atoms with Gasteiger partial charge in [-0.2, -0.15) is 0 Å². The van der Waals surface area contributed by atoms with Gasteiger partial charge in [-0.15, -0.1) is 0 Å². The standard InChI is InChI=1S/C21H27N5O2/c1-15-14-18(25-21(22-15)23-16-6-2-3-7-16)20(27)24-17-8-4-5-9-19(17)26-10-12-28-13-11-26/h4-5,8-9,14,16H,2-3,6-7,10-13H2,1H3,(H,24,27)(H,22,23,25). The lowest BCUT2D eigenvalue weighted by Crippen LogP contribution is -2.36. The van der Waals surface area contributed by atoms with Crippen molar-refractivity contribution in [3.05, 3.63) is 41.7 Å². The van der Waals surface area contributed by atoms with Gasteiger partial charge in [0.05, 0.1) is 24.6 Å². The molecule has 28 heavy (non-hydrogen) atoms. The molecule has 1 aliphatic heterocycles. The van der Waals surface area contributed by atoms with Crippen LogP contribution in [0, 0.1) is 6.92 Å². The minimum atomic E-state index is -0.222. The lowest BCUT2D eigenvalue weighted by molar-refractivity contribution is 0.102. The zero-order chi connectivity index (χ0) is 19.3. The maximum Gasteiger partial charge on any atom is 0.274 e. The van der Waals surface area contributed by atoms with E-state index in [1.54, 1.807) is 6.07 Å². The highest BCUT2D eigenvalue weighted by Gasteiger charge is 2.19. The second kappa shape index (κ2) is 8.56. The fraction of sp³-hybridized carbons (Fsp3) is 0.476. The molecule has 1 amide bonds. The first-order valence-electron chi connectivity index (χ1n) is 10.0. The molecule has 1 saturated heterocycles. The van der Waals surface area contributed by atoms with Crippen molar-refractivity contribution in [1.82, 2.24) is 9.97 Å². The summed E-state index contributed by atoms with van der Waals surface area (Å²) >= 11 is 0. The van der Waals surface area contributed by atoms with Crippen molar-refractivity contribution in [3.63, 3.8) is 0 Å². The second-order valence-electron chi connectivity index (χ2n) is 7.41. The molecule has 0 bridgehead atoms. The average molecular weight is 381 g/mol. The van der Waals surface area contributed by atoms with E-state index in [2.05, 4.69) is 25.5 Å². The Morgan fingerprint density at radius 2 is 1.89 bits per heavy atom. The molecule has 7 nitrogen and oxygen atoms in total. The van der Waals surface area contributed by atoms with Crippen molar-refractivity contribution in [2.24, 2.45) is 0 Å². The van der Waals surface area contributed by atoms with Crippen LogP contribution in [0.1, 0.15) is 41.9 Å². The van der Waals surface area contributed by atoms with E-state index in [4.69, 9.17) is 4.74 Å². The number of carbonyl (C=O) groups is 1. The summed E-state index contributed by atoms with van der Waals surface area (Å²) in [4.78, 5) is 24.1. The number of para-hydroxylation sites is 2. The van der Waals surface area contributed by atoms with Crippen molar-refractivity contribution < 1.29 is 9.53 Å². The molecule has 2 aliphatic rings. The van der Waals surface area contributed by atoms with Crippen LogP contribution in [0.3, 0.4) is 0 Å². The summed E-state index contributed by atoms with van der Waals surface area (Å²) in [6, 6.07) is 10.00. The number of benzene rings is 1. The van der Waals surface area contributed by atoms with Crippen molar-refractivity contribution in [3.8, 4) is 0 Å². The number of hydrogen-bond donors (Lipinski definition) is 2. The number of rotatable bonds is 5. The summed E-state index contributed by atoms with van der Waals surface area (Å²) in [6.45, 7) is 4.91. The zero-order valence-corrected chi connectivity index (χ0v) is 16.3. The maximum atomic E-state index is 12.9. The number of amides is 1. The Bertz CT molecular complexity index is 829. The summed E-state index contributed by atoms with van der Waals surface area (Å²) in [5.41, 5.74) is 2.96. The van der Waals surface area contributed by atoms with Crippen LogP contribution >= 0.6 is 0 Å². The lowest BCUT2D eigenvalue weighted by atomic mass is 10.2. The molecule has 0 radical (unpaired) electrons. The lowest BCUT2D eigenvalue weighted by Gasteiger charge is -2.30. The average Bonchev–Trinajstić information content (AvgIpc) is 3.21. The Morgan fingerprint density at radius 3 is 2.68 bits per heavy atom. The van der Waals surface area contributed by atoms with Crippen molar-refractivity contribution in [1.29, 1.82) is 0 Å². The number of hydrogen-bond acceptors (Lipinski definition) is 6. The Balaban J connectivity index is 1.51. The van der Waals surface area contributed by atoms with Gasteiger partial charge in [0.2, 0.25) is 5.95 Å². The first-order valence-corrected chi connectivity index (χ1v) is 10.0. The van der Waals surface area contributed by atoms with E-state index in [0.29, 0.717) is 30.9 Å². The number of carbonyl (C=O) groups excluding carboxylic acids is 1. The largest absolute Gasteiger partial charge is 0.378 e. The zero-order valence-electron chi connectivity index (χ0n) is 16.3. The molecular weight excluding hydrogens is 354 g/mol. The van der Waals surface area contributed by atoms with E-state index in [1.165, 1.54) is 12.8 Å². The van der Waals surface area contributed by atoms with Crippen LogP contribution < -0.4 is 15.5 Å². The van der Waals surface area contributed by atoms with Gasteiger partial charge in [0.25, 0.3) is 5.91 Å². The molecular formula is C21H27N5O2. The number of aryl methyl sites for hydroxylation is 1. The molecule has 1 aliphatic carbocycles. The van der Waals surface area contributed by atoms with Crippen LogP contribution in [0.15, 0.2) is 30.3 Å². The Morgan fingerprint density at radius 1 is 1.14 bits per heavy atom. The van der Waals surface area contributed by atoms with E-state index >= 15 is 0 Å². The molecule has 148 valence electrons. The number of aromatic nitrogens is 2. The van der Waals surface area contributed by atoms with Gasteiger partial charge in [-0.3, -0.25) is 4.79 Å². The van der Waals surface area contributed by atoms with Crippen LogP contribution in [0.4, 0.5) is 17.3 Å². The number of anilines is 3. The molecule has 2 fully saturated rings. The van der Waals surface area contributed by atoms with Crippen LogP contribution in [0.5, 0.6) is 0 Å². The first-order chi connectivity index (χ1) is 13.7. The van der Waals surface area contributed by atoms with Gasteiger partial charge in [0.15, 0.2) is 0 Å². The molecule has 1 aromatic heterocycles. The van der Waals surface area contributed by atoms with Crippen molar-refractivity contribution in [2.45, 2.75) is 38.6 Å². The van der Waals surface area contributed by atoms with Gasteiger partial charge >= 0.3 is 0 Å². The quantitative estimate of drug-likeness (QED) is 0.828. The van der Waals surface area contributed by atoms with Gasteiger partial charge in [-0.1, -0.05) is 25.0 Å². The highest BCUT2D eigenvalue weighted by atomic mass is 16.5. The van der Waals surface area contributed by atoms with E-state index in [-0.39, 0.29) is 5.91 Å². The topological polar surface area (TPSA) is 79.4 Å². The van der Waals surface area contributed by atoms with Gasteiger partial charge in [0, 0.05) is 24.8 Å². The predicted molar refractivity (Wildman–Crippen MR) is 110 cm³/mol. The van der Waals surface area contributed by atoms with Gasteiger partial charge < -0.3 is 20.3 Å². The van der Waals surface area contributed by atoms with E-state index in [1.807, 2.05) is 31.2 Å². The fourth-order valence-corrected chi connectivity index (χ4v) is 3.85. The van der Waals surface area contributed by atoms with Gasteiger partial charge in [0.1, 0.15) is 5.69 Å². The summed E-state index contributed by atoms with van der Waals surface area (Å²) in [5.74, 6) is 0.319.